The van der Waals surface area contributed by atoms with Crippen LogP contribution in [0.4, 0.5) is 16.2 Å². The Hall–Kier alpha value is -3.89. The molecule has 3 aromatic carbocycles. The van der Waals surface area contributed by atoms with E-state index < -0.39 is 35.7 Å². The van der Waals surface area contributed by atoms with Gasteiger partial charge in [0, 0.05) is 10.2 Å². The molecule has 42 heavy (non-hydrogen) atoms. The van der Waals surface area contributed by atoms with E-state index in [1.54, 1.807) is 32.2 Å². The molecule has 2 atom stereocenters. The van der Waals surface area contributed by atoms with Gasteiger partial charge in [-0.25, -0.2) is 9.59 Å². The molecule has 3 N–H and O–H groups in total. The number of rotatable bonds is 9. The lowest BCUT2D eigenvalue weighted by atomic mass is 10.0. The van der Waals surface area contributed by atoms with E-state index in [9.17, 15) is 14.4 Å². The first-order valence-electron chi connectivity index (χ1n) is 13.4. The minimum atomic E-state index is -1.09. The standard InChI is InChI=1S/C32H38BrN3O6/c1-18-15-23(33)16-19(2)27(18)36-31(39)34-26-17-22(21-9-12-24(40-7)13-10-21)11-14-25(26)29(37)35-28(30(38)41-8)20(3)42-32(4,5)6/h9-17,20,28H,1-8H3,(H,35,37)(H2,34,36,39)/t20?,28-/m0/s1. The molecule has 0 radical (unpaired) electrons. The molecule has 0 saturated carbocycles. The molecule has 0 heterocycles. The zero-order valence-corrected chi connectivity index (χ0v) is 26.8. The Bertz CT molecular complexity index is 1430. The summed E-state index contributed by atoms with van der Waals surface area (Å²) in [6.07, 6.45) is -0.692. The molecule has 0 aliphatic rings. The highest BCUT2D eigenvalue weighted by Crippen LogP contribution is 2.29. The first-order valence-corrected chi connectivity index (χ1v) is 14.2. The van der Waals surface area contributed by atoms with Crippen molar-refractivity contribution in [1.29, 1.82) is 0 Å². The molecule has 0 spiro atoms. The highest BCUT2D eigenvalue weighted by atomic mass is 79.9. The number of urea groups is 1. The molecule has 0 saturated heterocycles. The van der Waals surface area contributed by atoms with E-state index >= 15 is 0 Å². The number of carbonyl (C=O) groups is 3. The maximum Gasteiger partial charge on any atom is 0.331 e. The second-order valence-electron chi connectivity index (χ2n) is 10.9. The second-order valence-corrected chi connectivity index (χ2v) is 11.8. The van der Waals surface area contributed by atoms with Crippen molar-refractivity contribution in [3.8, 4) is 16.9 Å². The number of esters is 1. The van der Waals surface area contributed by atoms with Crippen molar-refractivity contribution in [2.75, 3.05) is 24.9 Å². The lowest BCUT2D eigenvalue weighted by Gasteiger charge is -2.30. The Balaban J connectivity index is 1.98. The zero-order valence-electron chi connectivity index (χ0n) is 25.2. The molecule has 0 aromatic heterocycles. The quantitative estimate of drug-likeness (QED) is 0.220. The fourth-order valence-corrected chi connectivity index (χ4v) is 5.21. The largest absolute Gasteiger partial charge is 0.497 e. The SMILES string of the molecule is COC(=O)[C@@H](NC(=O)c1ccc(-c2ccc(OC)cc2)cc1NC(=O)Nc1c(C)cc(Br)cc1C)C(C)OC(C)(C)C. The molecule has 3 rings (SSSR count). The molecular formula is C32H38BrN3O6. The van der Waals surface area contributed by atoms with Crippen LogP contribution in [-0.2, 0) is 14.3 Å². The monoisotopic (exact) mass is 639 g/mol. The minimum absolute atomic E-state index is 0.156. The molecule has 0 aliphatic heterocycles. The maximum absolute atomic E-state index is 13.6. The molecule has 0 aliphatic carbocycles. The summed E-state index contributed by atoms with van der Waals surface area (Å²) in [5, 5.41) is 8.46. The van der Waals surface area contributed by atoms with E-state index in [-0.39, 0.29) is 11.3 Å². The third-order valence-electron chi connectivity index (χ3n) is 6.42. The maximum atomic E-state index is 13.6. The van der Waals surface area contributed by atoms with Gasteiger partial charge >= 0.3 is 12.0 Å². The number of halogens is 1. The van der Waals surface area contributed by atoms with Gasteiger partial charge < -0.3 is 30.2 Å². The van der Waals surface area contributed by atoms with E-state index in [1.165, 1.54) is 7.11 Å². The molecule has 0 bridgehead atoms. The van der Waals surface area contributed by atoms with Gasteiger partial charge in [0.05, 0.1) is 37.2 Å². The molecular weight excluding hydrogens is 602 g/mol. The van der Waals surface area contributed by atoms with Crippen LogP contribution in [0.1, 0.15) is 49.2 Å². The number of benzene rings is 3. The molecule has 3 aromatic rings. The summed E-state index contributed by atoms with van der Waals surface area (Å²) in [6.45, 7) is 11.0. The van der Waals surface area contributed by atoms with Crippen molar-refractivity contribution < 1.29 is 28.6 Å². The van der Waals surface area contributed by atoms with Gasteiger partial charge in [-0.05, 0) is 100 Å². The van der Waals surface area contributed by atoms with Crippen molar-refractivity contribution >= 4 is 45.2 Å². The Morgan fingerprint density at radius 3 is 2.00 bits per heavy atom. The van der Waals surface area contributed by atoms with Crippen molar-refractivity contribution in [2.45, 2.75) is 59.3 Å². The summed E-state index contributed by atoms with van der Waals surface area (Å²) < 4.78 is 17.0. The van der Waals surface area contributed by atoms with Crippen LogP contribution in [0.25, 0.3) is 11.1 Å². The number of hydrogen-bond acceptors (Lipinski definition) is 6. The van der Waals surface area contributed by atoms with Gasteiger partial charge in [-0.2, -0.15) is 0 Å². The number of carbonyl (C=O) groups excluding carboxylic acids is 3. The Labute approximate surface area is 255 Å². The van der Waals surface area contributed by atoms with Crippen LogP contribution < -0.4 is 20.7 Å². The van der Waals surface area contributed by atoms with Crippen LogP contribution in [0.15, 0.2) is 59.1 Å². The second kappa shape index (κ2) is 13.8. The van der Waals surface area contributed by atoms with Gasteiger partial charge in [-0.15, -0.1) is 0 Å². The predicted molar refractivity (Wildman–Crippen MR) is 168 cm³/mol. The third kappa shape index (κ3) is 8.56. The molecule has 9 nitrogen and oxygen atoms in total. The smallest absolute Gasteiger partial charge is 0.331 e. The third-order valence-corrected chi connectivity index (χ3v) is 6.88. The number of hydrogen-bond donors (Lipinski definition) is 3. The van der Waals surface area contributed by atoms with E-state index in [0.29, 0.717) is 11.4 Å². The summed E-state index contributed by atoms with van der Waals surface area (Å²) in [5.74, 6) is -0.529. The average Bonchev–Trinajstić information content (AvgIpc) is 2.92. The van der Waals surface area contributed by atoms with Gasteiger partial charge in [-0.1, -0.05) is 34.1 Å². The number of methoxy groups -OCH3 is 2. The highest BCUT2D eigenvalue weighted by Gasteiger charge is 2.32. The van der Waals surface area contributed by atoms with E-state index in [1.807, 2.05) is 71.0 Å². The summed E-state index contributed by atoms with van der Waals surface area (Å²) >= 11 is 3.47. The zero-order chi connectivity index (χ0) is 31.2. The summed E-state index contributed by atoms with van der Waals surface area (Å²) in [6, 6.07) is 14.7. The van der Waals surface area contributed by atoms with Gasteiger partial charge in [0.1, 0.15) is 5.75 Å². The van der Waals surface area contributed by atoms with Crippen LogP contribution in [0.2, 0.25) is 0 Å². The number of nitrogens with one attached hydrogen (secondary N) is 3. The Morgan fingerprint density at radius 2 is 1.45 bits per heavy atom. The summed E-state index contributed by atoms with van der Waals surface area (Å²) in [5.41, 5.74) is 3.85. The Morgan fingerprint density at radius 1 is 0.857 bits per heavy atom. The van der Waals surface area contributed by atoms with Crippen molar-refractivity contribution in [3.63, 3.8) is 0 Å². The topological polar surface area (TPSA) is 115 Å². The van der Waals surface area contributed by atoms with E-state index in [2.05, 4.69) is 31.9 Å². The molecule has 3 amide bonds. The minimum Gasteiger partial charge on any atom is -0.497 e. The highest BCUT2D eigenvalue weighted by molar-refractivity contribution is 9.10. The summed E-state index contributed by atoms with van der Waals surface area (Å²) in [4.78, 5) is 39.5. The van der Waals surface area contributed by atoms with Crippen LogP contribution in [0.5, 0.6) is 5.75 Å². The van der Waals surface area contributed by atoms with Crippen molar-refractivity contribution in [2.24, 2.45) is 0 Å². The normalized spacial score (nSPS) is 12.6. The van der Waals surface area contributed by atoms with E-state index in [4.69, 9.17) is 14.2 Å². The fourth-order valence-electron chi connectivity index (χ4n) is 4.52. The number of ether oxygens (including phenoxy) is 3. The fraction of sp³-hybridized carbons (Fsp3) is 0.344. The van der Waals surface area contributed by atoms with Gasteiger partial charge in [-0.3, -0.25) is 4.79 Å². The van der Waals surface area contributed by atoms with Crippen LogP contribution >= 0.6 is 15.9 Å². The van der Waals surface area contributed by atoms with Gasteiger partial charge in [0.25, 0.3) is 5.91 Å². The number of anilines is 2. The van der Waals surface area contributed by atoms with Gasteiger partial charge in [0.2, 0.25) is 0 Å². The Kier molecular flexibility index (Phi) is 10.8. The van der Waals surface area contributed by atoms with Crippen LogP contribution in [-0.4, -0.2) is 49.9 Å². The van der Waals surface area contributed by atoms with Crippen molar-refractivity contribution in [3.05, 3.63) is 75.8 Å². The average molecular weight is 641 g/mol. The molecule has 10 heteroatoms. The molecule has 224 valence electrons. The first-order chi connectivity index (χ1) is 19.7. The number of aryl methyl sites for hydroxylation is 2. The lowest BCUT2D eigenvalue weighted by molar-refractivity contribution is -0.150. The molecule has 0 fully saturated rings. The summed E-state index contributed by atoms with van der Waals surface area (Å²) in [7, 11) is 2.84. The van der Waals surface area contributed by atoms with E-state index in [0.717, 1.165) is 26.7 Å². The van der Waals surface area contributed by atoms with Gasteiger partial charge in [0.15, 0.2) is 6.04 Å². The lowest BCUT2D eigenvalue weighted by Crippen LogP contribution is -2.51. The van der Waals surface area contributed by atoms with Crippen molar-refractivity contribution in [1.82, 2.24) is 5.32 Å². The predicted octanol–water partition coefficient (Wildman–Crippen LogP) is 6.86. The molecule has 1 unspecified atom stereocenters. The number of amides is 3. The van der Waals surface area contributed by atoms with Crippen LogP contribution in [0, 0.1) is 13.8 Å². The first kappa shape index (κ1) is 32.6. The van der Waals surface area contributed by atoms with Crippen LogP contribution in [0.3, 0.4) is 0 Å².